The molecule has 0 fully saturated rings. The average molecular weight is 661 g/mol. The van der Waals surface area contributed by atoms with Crippen LogP contribution in [0.5, 0.6) is 0 Å². The van der Waals surface area contributed by atoms with E-state index in [-0.39, 0.29) is 0 Å². The number of pyridine rings is 1. The number of fused-ring (bicyclic) bond motifs is 13. The van der Waals surface area contributed by atoms with E-state index in [1.54, 1.807) is 11.3 Å². The summed E-state index contributed by atoms with van der Waals surface area (Å²) >= 11 is 3.69. The lowest BCUT2D eigenvalue weighted by molar-refractivity contribution is 1.18. The van der Waals surface area contributed by atoms with Crippen LogP contribution in [0.25, 0.3) is 102 Å². The lowest BCUT2D eigenvalue weighted by Crippen LogP contribution is -1.97. The maximum Gasteiger partial charge on any atom is 0.160 e. The monoisotopic (exact) mass is 660 g/mol. The van der Waals surface area contributed by atoms with Crippen molar-refractivity contribution in [3.63, 3.8) is 0 Å². The van der Waals surface area contributed by atoms with Crippen molar-refractivity contribution in [2.24, 2.45) is 0 Å². The number of hydrogen-bond acceptors (Lipinski definition) is 5. The van der Waals surface area contributed by atoms with Crippen LogP contribution < -0.4 is 0 Å². The fraction of sp³-hybridized carbons (Fsp3) is 0. The molecule has 0 saturated carbocycles. The Bertz CT molecular complexity index is 3100. The summed E-state index contributed by atoms with van der Waals surface area (Å²) in [5.74, 6) is 0.719. The second kappa shape index (κ2) is 10.3. The molecule has 0 aliphatic heterocycles. The van der Waals surface area contributed by atoms with Gasteiger partial charge in [-0.3, -0.25) is 0 Å². The van der Waals surface area contributed by atoms with E-state index >= 15 is 0 Å². The van der Waals surface area contributed by atoms with Crippen LogP contribution in [0.4, 0.5) is 0 Å². The topological polar surface area (TPSA) is 43.6 Å². The number of hydrogen-bond donors (Lipinski definition) is 0. The first-order valence-corrected chi connectivity index (χ1v) is 17.9. The van der Waals surface area contributed by atoms with Crippen LogP contribution in [0, 0.1) is 0 Å². The summed E-state index contributed by atoms with van der Waals surface area (Å²) < 4.78 is 6.36. The van der Waals surface area contributed by atoms with Crippen molar-refractivity contribution in [1.29, 1.82) is 0 Å². The van der Waals surface area contributed by atoms with E-state index in [0.717, 1.165) is 44.1 Å². The van der Waals surface area contributed by atoms with E-state index in [1.807, 2.05) is 29.7 Å². The molecule has 0 radical (unpaired) electrons. The minimum Gasteiger partial charge on any atom is -0.308 e. The Labute approximate surface area is 288 Å². The van der Waals surface area contributed by atoms with E-state index in [1.165, 1.54) is 57.5 Å². The zero-order valence-corrected chi connectivity index (χ0v) is 27.6. The molecule has 49 heavy (non-hydrogen) atoms. The third kappa shape index (κ3) is 3.87. The molecule has 11 aromatic rings. The second-order valence-electron chi connectivity index (χ2n) is 12.4. The van der Waals surface area contributed by atoms with E-state index in [9.17, 15) is 0 Å². The SMILES string of the molecule is c1ccc(-c2nc(-c3ccc(-n4c5ccccc5c5c6sc7ccccc7c6c6c7cccnc7sc6c54)cc3)nc3ccccc23)cc1. The van der Waals surface area contributed by atoms with Crippen LogP contribution >= 0.6 is 22.7 Å². The van der Waals surface area contributed by atoms with Gasteiger partial charge in [0.15, 0.2) is 5.82 Å². The van der Waals surface area contributed by atoms with Crippen LogP contribution in [0.3, 0.4) is 0 Å². The molecule has 228 valence electrons. The van der Waals surface area contributed by atoms with E-state index in [4.69, 9.17) is 15.0 Å². The van der Waals surface area contributed by atoms with Gasteiger partial charge in [0.2, 0.25) is 0 Å². The summed E-state index contributed by atoms with van der Waals surface area (Å²) in [7, 11) is 0. The highest BCUT2D eigenvalue weighted by atomic mass is 32.1. The Morgan fingerprint density at radius 2 is 1.20 bits per heavy atom. The second-order valence-corrected chi connectivity index (χ2v) is 14.4. The standard InChI is InChI=1S/C43H24N4S2/c1-2-11-25(12-3-1)38-28-13-4-7-17-32(28)45-42(46-38)26-20-22-27(23-21-26)47-33-18-8-5-14-29(33)37-39(47)41-36(31-16-10-24-44-43(31)49-41)35-30-15-6-9-19-34(30)48-40(35)37/h1-24H. The molecule has 6 heteroatoms. The third-order valence-corrected chi connectivity index (χ3v) is 12.0. The smallest absolute Gasteiger partial charge is 0.160 e. The van der Waals surface area contributed by atoms with Crippen LogP contribution in [0.2, 0.25) is 0 Å². The van der Waals surface area contributed by atoms with Gasteiger partial charge in [0.1, 0.15) is 4.83 Å². The number of thiophene rings is 2. The first-order chi connectivity index (χ1) is 24.3. The van der Waals surface area contributed by atoms with Crippen molar-refractivity contribution < 1.29 is 0 Å². The van der Waals surface area contributed by atoms with Crippen molar-refractivity contribution in [2.75, 3.05) is 0 Å². The lowest BCUT2D eigenvalue weighted by atomic mass is 10.0. The van der Waals surface area contributed by atoms with Crippen molar-refractivity contribution in [2.45, 2.75) is 0 Å². The molecule has 11 rings (SSSR count). The maximum atomic E-state index is 5.13. The van der Waals surface area contributed by atoms with E-state index in [2.05, 4.69) is 132 Å². The number of nitrogens with zero attached hydrogens (tertiary/aromatic N) is 4. The molecule has 0 N–H and O–H groups in total. The molecule has 0 amide bonds. The van der Waals surface area contributed by atoms with Gasteiger partial charge < -0.3 is 4.57 Å². The Morgan fingerprint density at radius 1 is 0.490 bits per heavy atom. The van der Waals surface area contributed by atoms with Crippen LogP contribution in [-0.4, -0.2) is 19.5 Å². The quantitative estimate of drug-likeness (QED) is 0.189. The number of benzene rings is 6. The van der Waals surface area contributed by atoms with Gasteiger partial charge in [-0.05, 0) is 54.6 Å². The van der Waals surface area contributed by atoms with Gasteiger partial charge in [0, 0.05) is 70.1 Å². The summed E-state index contributed by atoms with van der Waals surface area (Å²) in [5, 5.41) is 8.78. The van der Waals surface area contributed by atoms with Gasteiger partial charge in [-0.1, -0.05) is 84.9 Å². The van der Waals surface area contributed by atoms with Gasteiger partial charge in [0.25, 0.3) is 0 Å². The summed E-state index contributed by atoms with van der Waals surface area (Å²) in [5.41, 5.74) is 7.47. The van der Waals surface area contributed by atoms with Crippen LogP contribution in [-0.2, 0) is 0 Å². The summed E-state index contributed by atoms with van der Waals surface area (Å²) in [4.78, 5) is 16.1. The van der Waals surface area contributed by atoms with Crippen molar-refractivity contribution >= 4 is 95.9 Å². The molecule has 0 spiro atoms. The maximum absolute atomic E-state index is 5.13. The molecule has 5 aromatic heterocycles. The highest BCUT2D eigenvalue weighted by Gasteiger charge is 2.24. The minimum absolute atomic E-state index is 0.719. The Balaban J connectivity index is 1.20. The Morgan fingerprint density at radius 3 is 2.08 bits per heavy atom. The largest absolute Gasteiger partial charge is 0.308 e. The van der Waals surface area contributed by atoms with Gasteiger partial charge in [0.05, 0.1) is 26.9 Å². The molecule has 5 heterocycles. The van der Waals surface area contributed by atoms with Crippen LogP contribution in [0.1, 0.15) is 0 Å². The predicted octanol–water partition coefficient (Wildman–Crippen LogP) is 12.2. The molecule has 0 atom stereocenters. The Hall–Kier alpha value is -5.95. The summed E-state index contributed by atoms with van der Waals surface area (Å²) in [6.45, 7) is 0. The average Bonchev–Trinajstić information content (AvgIpc) is 3.85. The van der Waals surface area contributed by atoms with Crippen LogP contribution in [0.15, 0.2) is 146 Å². The number of rotatable bonds is 3. The molecule has 0 aliphatic rings. The van der Waals surface area contributed by atoms with Crippen molar-refractivity contribution in [3.8, 4) is 28.3 Å². The minimum atomic E-state index is 0.719. The summed E-state index contributed by atoms with van der Waals surface area (Å²) in [6.07, 6.45) is 1.91. The van der Waals surface area contributed by atoms with Gasteiger partial charge in [-0.15, -0.1) is 22.7 Å². The molecule has 4 nitrogen and oxygen atoms in total. The first-order valence-electron chi connectivity index (χ1n) is 16.3. The third-order valence-electron chi connectivity index (χ3n) is 9.66. The predicted molar refractivity (Wildman–Crippen MR) is 208 cm³/mol. The zero-order chi connectivity index (χ0) is 32.1. The molecule has 0 aliphatic carbocycles. The van der Waals surface area contributed by atoms with Gasteiger partial charge in [-0.25, -0.2) is 15.0 Å². The Kier molecular flexibility index (Phi) is 5.67. The fourth-order valence-electron chi connectivity index (χ4n) is 7.55. The first kappa shape index (κ1) is 27.0. The molecular weight excluding hydrogens is 637 g/mol. The van der Waals surface area contributed by atoms with Gasteiger partial charge >= 0.3 is 0 Å². The van der Waals surface area contributed by atoms with Crippen molar-refractivity contribution in [3.05, 3.63) is 146 Å². The highest BCUT2D eigenvalue weighted by Crippen LogP contribution is 2.51. The lowest BCUT2D eigenvalue weighted by Gasteiger charge is -2.12. The highest BCUT2D eigenvalue weighted by molar-refractivity contribution is 7.29. The summed E-state index contributed by atoms with van der Waals surface area (Å²) in [6, 6.07) is 49.3. The molecule has 0 bridgehead atoms. The number of para-hydroxylation sites is 2. The van der Waals surface area contributed by atoms with E-state index in [0.29, 0.717) is 0 Å². The molecule has 0 unspecified atom stereocenters. The fourth-order valence-corrected chi connectivity index (χ4v) is 10.0. The van der Waals surface area contributed by atoms with E-state index < -0.39 is 0 Å². The van der Waals surface area contributed by atoms with Crippen molar-refractivity contribution in [1.82, 2.24) is 19.5 Å². The molecule has 0 saturated heterocycles. The normalized spacial score (nSPS) is 12.1. The zero-order valence-electron chi connectivity index (χ0n) is 26.0. The molecular formula is C43H24N4S2. The number of aromatic nitrogens is 4. The molecule has 6 aromatic carbocycles. The van der Waals surface area contributed by atoms with Gasteiger partial charge in [-0.2, -0.15) is 0 Å².